The fraction of sp³-hybridized carbons (Fsp3) is 0.231. The van der Waals surface area contributed by atoms with Gasteiger partial charge < -0.3 is 25.3 Å². The van der Waals surface area contributed by atoms with E-state index in [0.717, 1.165) is 5.69 Å². The zero-order valence-corrected chi connectivity index (χ0v) is 21.7. The number of hydrazine groups is 1. The molecule has 0 spiro atoms. The fourth-order valence-corrected chi connectivity index (χ4v) is 4.51. The van der Waals surface area contributed by atoms with E-state index in [9.17, 15) is 5.11 Å². The van der Waals surface area contributed by atoms with E-state index in [0.29, 0.717) is 33.5 Å². The Kier molecular flexibility index (Phi) is 7.44. The minimum atomic E-state index is -1.75. The zero-order chi connectivity index (χ0) is 26.7. The van der Waals surface area contributed by atoms with Crippen LogP contribution in [0.5, 0.6) is 11.6 Å². The highest BCUT2D eigenvalue weighted by atomic mass is 35.5. The van der Waals surface area contributed by atoms with Crippen molar-refractivity contribution in [2.45, 2.75) is 26.1 Å². The SMILES string of the molecule is COc1nc2ccc(C(O)(/C(=C/N)N(C)N)c3ccc(C)nc3C)cc2c(Cl)c1OCc1ncccn1. The van der Waals surface area contributed by atoms with Crippen LogP contribution >= 0.6 is 11.6 Å². The van der Waals surface area contributed by atoms with Gasteiger partial charge in [-0.05, 0) is 43.7 Å². The maximum Gasteiger partial charge on any atom is 0.258 e. The normalized spacial score (nSPS) is 13.3. The average Bonchev–Trinajstić information content (AvgIpc) is 2.88. The van der Waals surface area contributed by atoms with Gasteiger partial charge in [0.2, 0.25) is 5.75 Å². The number of aryl methyl sites for hydroxylation is 2. The Hall–Kier alpha value is -3.99. The van der Waals surface area contributed by atoms with Crippen molar-refractivity contribution in [2.24, 2.45) is 11.6 Å². The molecule has 37 heavy (non-hydrogen) atoms. The molecule has 4 rings (SSSR count). The summed E-state index contributed by atoms with van der Waals surface area (Å²) in [5, 5.41) is 14.3. The number of hydrogen-bond donors (Lipinski definition) is 3. The summed E-state index contributed by atoms with van der Waals surface area (Å²) < 4.78 is 11.4. The molecule has 0 amide bonds. The highest BCUT2D eigenvalue weighted by molar-refractivity contribution is 6.37. The number of pyridine rings is 2. The van der Waals surface area contributed by atoms with Crippen LogP contribution in [0.25, 0.3) is 10.9 Å². The Balaban J connectivity index is 1.91. The number of benzene rings is 1. The van der Waals surface area contributed by atoms with Crippen molar-refractivity contribution in [3.63, 3.8) is 0 Å². The first kappa shape index (κ1) is 26.1. The Morgan fingerprint density at radius 3 is 2.51 bits per heavy atom. The van der Waals surface area contributed by atoms with Gasteiger partial charge in [0.25, 0.3) is 5.88 Å². The van der Waals surface area contributed by atoms with Gasteiger partial charge in [0.15, 0.2) is 11.4 Å². The van der Waals surface area contributed by atoms with Gasteiger partial charge in [0.1, 0.15) is 6.61 Å². The number of ether oxygens (including phenoxy) is 2. The van der Waals surface area contributed by atoms with Crippen LogP contribution in [0.1, 0.15) is 28.3 Å². The predicted molar refractivity (Wildman–Crippen MR) is 141 cm³/mol. The average molecular weight is 522 g/mol. The maximum absolute atomic E-state index is 12.3. The van der Waals surface area contributed by atoms with Crippen molar-refractivity contribution in [3.8, 4) is 11.6 Å². The van der Waals surface area contributed by atoms with Crippen LogP contribution in [0.15, 0.2) is 60.7 Å². The molecule has 3 heterocycles. The van der Waals surface area contributed by atoms with Crippen molar-refractivity contribution < 1.29 is 14.6 Å². The number of nitrogens with zero attached hydrogens (tertiary/aromatic N) is 5. The highest BCUT2D eigenvalue weighted by Gasteiger charge is 2.40. The van der Waals surface area contributed by atoms with Crippen LogP contribution in [0.2, 0.25) is 5.02 Å². The molecule has 1 aromatic carbocycles. The summed E-state index contributed by atoms with van der Waals surface area (Å²) in [6.45, 7) is 3.75. The molecule has 0 saturated heterocycles. The van der Waals surface area contributed by atoms with Gasteiger partial charge in [-0.2, -0.15) is 0 Å². The van der Waals surface area contributed by atoms with Crippen LogP contribution in [0, 0.1) is 13.8 Å². The number of nitrogens with two attached hydrogens (primary N) is 2. The van der Waals surface area contributed by atoms with Crippen molar-refractivity contribution in [2.75, 3.05) is 14.2 Å². The van der Waals surface area contributed by atoms with E-state index >= 15 is 0 Å². The van der Waals surface area contributed by atoms with Gasteiger partial charge in [0, 0.05) is 48.0 Å². The van der Waals surface area contributed by atoms with Crippen molar-refractivity contribution >= 4 is 22.5 Å². The van der Waals surface area contributed by atoms with Crippen molar-refractivity contribution in [1.29, 1.82) is 0 Å². The highest BCUT2D eigenvalue weighted by Crippen LogP contribution is 2.43. The lowest BCUT2D eigenvalue weighted by molar-refractivity contribution is 0.0870. The van der Waals surface area contributed by atoms with Gasteiger partial charge in [-0.15, -0.1) is 0 Å². The van der Waals surface area contributed by atoms with Gasteiger partial charge in [-0.25, -0.2) is 20.8 Å². The van der Waals surface area contributed by atoms with E-state index < -0.39 is 5.60 Å². The van der Waals surface area contributed by atoms with Gasteiger partial charge in [-0.1, -0.05) is 23.7 Å². The lowest BCUT2D eigenvalue weighted by atomic mass is 9.82. The second kappa shape index (κ2) is 10.6. The third-order valence-corrected chi connectivity index (χ3v) is 6.32. The molecule has 0 aliphatic rings. The van der Waals surface area contributed by atoms with Gasteiger partial charge in [-0.3, -0.25) is 4.98 Å². The topological polar surface area (TPSA) is 146 Å². The number of likely N-dealkylation sites (N-methyl/N-ethyl adjacent to an activating group) is 1. The Bertz CT molecular complexity index is 1460. The minimum absolute atomic E-state index is 0.0555. The van der Waals surface area contributed by atoms with Crippen molar-refractivity contribution in [3.05, 3.63) is 94.1 Å². The number of aliphatic hydroxyl groups is 1. The first-order valence-electron chi connectivity index (χ1n) is 11.3. The largest absolute Gasteiger partial charge is 0.479 e. The van der Waals surface area contributed by atoms with E-state index in [4.69, 9.17) is 32.7 Å². The molecule has 1 unspecified atom stereocenters. The number of rotatable bonds is 8. The fourth-order valence-electron chi connectivity index (χ4n) is 4.22. The lowest BCUT2D eigenvalue weighted by Gasteiger charge is -2.36. The Morgan fingerprint density at radius 1 is 1.16 bits per heavy atom. The van der Waals surface area contributed by atoms with Gasteiger partial charge in [0.05, 0.1) is 23.3 Å². The summed E-state index contributed by atoms with van der Waals surface area (Å²) in [6.07, 6.45) is 4.51. The summed E-state index contributed by atoms with van der Waals surface area (Å²) in [7, 11) is 3.07. The molecule has 0 fully saturated rings. The molecule has 0 saturated carbocycles. The Morgan fingerprint density at radius 2 is 1.89 bits per heavy atom. The summed E-state index contributed by atoms with van der Waals surface area (Å²) >= 11 is 6.83. The first-order chi connectivity index (χ1) is 17.7. The van der Waals surface area contributed by atoms with Crippen LogP contribution in [0.4, 0.5) is 0 Å². The van der Waals surface area contributed by atoms with Crippen LogP contribution < -0.4 is 21.1 Å². The molecular formula is C26H28ClN7O3. The summed E-state index contributed by atoms with van der Waals surface area (Å²) in [5.74, 6) is 7.01. The van der Waals surface area contributed by atoms with Crippen LogP contribution in [-0.4, -0.2) is 44.2 Å². The van der Waals surface area contributed by atoms with E-state index in [2.05, 4.69) is 19.9 Å². The minimum Gasteiger partial charge on any atom is -0.479 e. The Labute approximate surface area is 219 Å². The van der Waals surface area contributed by atoms with E-state index in [1.54, 1.807) is 49.8 Å². The monoisotopic (exact) mass is 521 g/mol. The number of aromatic nitrogens is 4. The smallest absolute Gasteiger partial charge is 0.258 e. The molecular weight excluding hydrogens is 494 g/mol. The molecule has 11 heteroatoms. The maximum atomic E-state index is 12.3. The van der Waals surface area contributed by atoms with Crippen LogP contribution in [0.3, 0.4) is 0 Å². The van der Waals surface area contributed by atoms with E-state index in [-0.39, 0.29) is 29.0 Å². The van der Waals surface area contributed by atoms with Gasteiger partial charge >= 0.3 is 0 Å². The second-order valence-corrected chi connectivity index (χ2v) is 8.79. The number of hydrogen-bond acceptors (Lipinski definition) is 10. The third-order valence-electron chi connectivity index (χ3n) is 5.95. The number of fused-ring (bicyclic) bond motifs is 1. The molecule has 0 bridgehead atoms. The molecule has 5 N–H and O–H groups in total. The standard InChI is InChI=1S/C26H28ClN7O3/c1-15-6-8-19(16(2)32-15)26(35,21(13-28)34(3)29)17-7-9-20-18(12-17)23(27)24(25(33-20)36-4)37-14-22-30-10-5-11-31-22/h5-13,35H,14,28-29H2,1-4H3/b21-13-. The van der Waals surface area contributed by atoms with E-state index in [1.807, 2.05) is 19.9 Å². The second-order valence-electron chi connectivity index (χ2n) is 8.41. The van der Waals surface area contributed by atoms with E-state index in [1.165, 1.54) is 18.3 Å². The predicted octanol–water partition coefficient (Wildman–Crippen LogP) is 3.12. The number of methoxy groups -OCH3 is 1. The molecule has 0 aliphatic heterocycles. The molecule has 10 nitrogen and oxygen atoms in total. The number of halogens is 1. The first-order valence-corrected chi connectivity index (χ1v) is 11.7. The molecule has 1 atom stereocenters. The third kappa shape index (κ3) is 4.86. The molecule has 192 valence electrons. The zero-order valence-electron chi connectivity index (χ0n) is 20.9. The van der Waals surface area contributed by atoms with Crippen molar-refractivity contribution in [1.82, 2.24) is 24.9 Å². The molecule has 0 aliphatic carbocycles. The quantitative estimate of drug-likeness (QED) is 0.233. The molecule has 4 aromatic rings. The van der Waals surface area contributed by atoms with Crippen LogP contribution in [-0.2, 0) is 12.2 Å². The summed E-state index contributed by atoms with van der Waals surface area (Å²) in [5.41, 5.74) is 7.39. The molecule has 0 radical (unpaired) electrons. The summed E-state index contributed by atoms with van der Waals surface area (Å²) in [6, 6.07) is 10.5. The lowest BCUT2D eigenvalue weighted by Crippen LogP contribution is -2.42. The molecule has 3 aromatic heterocycles. The summed E-state index contributed by atoms with van der Waals surface area (Å²) in [4.78, 5) is 17.4.